The van der Waals surface area contributed by atoms with E-state index in [4.69, 9.17) is 0 Å². The molecular weight excluding hydrogens is 354 g/mol. The average Bonchev–Trinajstić information content (AvgIpc) is 2.64. The normalized spacial score (nSPS) is 10.6. The maximum atomic E-state index is 12.6. The molecule has 0 fully saturated rings. The van der Waals surface area contributed by atoms with Gasteiger partial charge in [-0.2, -0.15) is 0 Å². The number of rotatable bonds is 4. The number of nitrogens with one attached hydrogen (secondary N) is 1. The number of amides is 1. The Labute approximate surface area is 152 Å². The molecule has 2 N–H and O–H groups in total. The van der Waals surface area contributed by atoms with Crippen molar-refractivity contribution in [2.45, 2.75) is 6.92 Å². The predicted octanol–water partition coefficient (Wildman–Crippen LogP) is 3.92. The van der Waals surface area contributed by atoms with Crippen LogP contribution in [0.5, 0.6) is 5.75 Å². The third-order valence-electron chi connectivity index (χ3n) is 4.10. The molecule has 0 aliphatic heterocycles. The molecule has 0 aromatic heterocycles. The first-order valence-electron chi connectivity index (χ1n) is 7.74. The Kier molecular flexibility index (Phi) is 4.43. The van der Waals surface area contributed by atoms with E-state index in [0.717, 1.165) is 29.0 Å². The molecule has 0 saturated carbocycles. The van der Waals surface area contributed by atoms with Crippen LogP contribution in [0.3, 0.4) is 0 Å². The fraction of sp³-hybridized carbons (Fsp3) is 0.0556. The number of nitro groups is 2. The molecule has 0 heterocycles. The van der Waals surface area contributed by atoms with Crippen LogP contribution in [0.2, 0.25) is 0 Å². The van der Waals surface area contributed by atoms with Gasteiger partial charge in [-0.25, -0.2) is 0 Å². The van der Waals surface area contributed by atoms with Gasteiger partial charge in [-0.3, -0.25) is 25.0 Å². The number of hydrogen-bond acceptors (Lipinski definition) is 6. The van der Waals surface area contributed by atoms with Crippen molar-refractivity contribution in [1.82, 2.24) is 0 Å². The van der Waals surface area contributed by atoms with Gasteiger partial charge in [0.25, 0.3) is 17.3 Å². The van der Waals surface area contributed by atoms with Crippen LogP contribution in [-0.2, 0) is 0 Å². The summed E-state index contributed by atoms with van der Waals surface area (Å²) in [6.07, 6.45) is 0. The number of phenols is 1. The zero-order valence-corrected chi connectivity index (χ0v) is 14.0. The smallest absolute Gasteiger partial charge is 0.278 e. The van der Waals surface area contributed by atoms with E-state index in [-0.39, 0.29) is 17.0 Å². The summed E-state index contributed by atoms with van der Waals surface area (Å²) in [4.78, 5) is 32.9. The molecule has 0 saturated heterocycles. The maximum Gasteiger partial charge on any atom is 0.278 e. The SMILES string of the molecule is Cc1c(O)c(C(=O)Nc2cc([N+](=O)[O-])cc([N+](=O)[O-])c2)cc2ccccc12. The molecule has 3 rings (SSSR count). The van der Waals surface area contributed by atoms with Gasteiger partial charge >= 0.3 is 0 Å². The summed E-state index contributed by atoms with van der Waals surface area (Å²) in [5, 5.41) is 36.1. The molecule has 1 amide bonds. The Balaban J connectivity index is 2.03. The van der Waals surface area contributed by atoms with E-state index >= 15 is 0 Å². The zero-order chi connectivity index (χ0) is 19.7. The molecule has 0 atom stereocenters. The molecule has 0 unspecified atom stereocenters. The lowest BCUT2D eigenvalue weighted by Crippen LogP contribution is -2.13. The van der Waals surface area contributed by atoms with Crippen LogP contribution in [0.1, 0.15) is 15.9 Å². The fourth-order valence-corrected chi connectivity index (χ4v) is 2.77. The third-order valence-corrected chi connectivity index (χ3v) is 4.10. The monoisotopic (exact) mass is 367 g/mol. The van der Waals surface area contributed by atoms with E-state index in [9.17, 15) is 30.1 Å². The van der Waals surface area contributed by atoms with Crippen molar-refractivity contribution >= 4 is 33.7 Å². The first kappa shape index (κ1) is 17.8. The van der Waals surface area contributed by atoms with E-state index in [1.807, 2.05) is 0 Å². The highest BCUT2D eigenvalue weighted by Crippen LogP contribution is 2.32. The number of phenolic OH excluding ortho intramolecular Hbond substituents is 1. The molecular formula is C18H13N3O6. The van der Waals surface area contributed by atoms with E-state index in [2.05, 4.69) is 5.32 Å². The standard InChI is InChI=1S/C18H13N3O6/c1-10-15-5-3-2-4-11(15)6-16(17(10)22)18(23)19-12-7-13(20(24)25)9-14(8-12)21(26)27/h2-9,22H,1H3,(H,19,23). The number of carbonyl (C=O) groups is 1. The number of carbonyl (C=O) groups excluding carboxylic acids is 1. The largest absolute Gasteiger partial charge is 0.507 e. The second kappa shape index (κ2) is 6.71. The van der Waals surface area contributed by atoms with E-state index in [1.165, 1.54) is 6.07 Å². The molecule has 9 heteroatoms. The van der Waals surface area contributed by atoms with Crippen molar-refractivity contribution in [3.63, 3.8) is 0 Å². The summed E-state index contributed by atoms with van der Waals surface area (Å²) in [5.74, 6) is -0.970. The summed E-state index contributed by atoms with van der Waals surface area (Å²) in [7, 11) is 0. The lowest BCUT2D eigenvalue weighted by atomic mass is 10.00. The Hall–Kier alpha value is -4.01. The molecule has 3 aromatic rings. The van der Waals surface area contributed by atoms with E-state index in [0.29, 0.717) is 5.56 Å². The van der Waals surface area contributed by atoms with Crippen molar-refractivity contribution in [2.24, 2.45) is 0 Å². The highest BCUT2D eigenvalue weighted by Gasteiger charge is 2.20. The van der Waals surface area contributed by atoms with Gasteiger partial charge in [0.2, 0.25) is 0 Å². The molecule has 0 aliphatic rings. The molecule has 9 nitrogen and oxygen atoms in total. The second-order valence-corrected chi connectivity index (χ2v) is 5.83. The van der Waals surface area contributed by atoms with Gasteiger partial charge in [0.15, 0.2) is 0 Å². The van der Waals surface area contributed by atoms with Crippen molar-refractivity contribution < 1.29 is 19.7 Å². The lowest BCUT2D eigenvalue weighted by molar-refractivity contribution is -0.394. The molecule has 136 valence electrons. The van der Waals surface area contributed by atoms with Gasteiger partial charge in [0.05, 0.1) is 27.2 Å². The number of aryl methyl sites for hydroxylation is 1. The van der Waals surface area contributed by atoms with Gasteiger partial charge < -0.3 is 10.4 Å². The molecule has 3 aromatic carbocycles. The summed E-state index contributed by atoms with van der Waals surface area (Å²) in [5.41, 5.74) is -0.716. The number of anilines is 1. The number of hydrogen-bond donors (Lipinski definition) is 2. The van der Waals surface area contributed by atoms with Crippen LogP contribution in [0.15, 0.2) is 48.5 Å². The average molecular weight is 367 g/mol. The molecule has 0 bridgehead atoms. The van der Waals surface area contributed by atoms with Crippen LogP contribution >= 0.6 is 0 Å². The van der Waals surface area contributed by atoms with Crippen molar-refractivity contribution in [3.05, 3.63) is 79.9 Å². The maximum absolute atomic E-state index is 12.6. The lowest BCUT2D eigenvalue weighted by Gasteiger charge is -2.11. The molecule has 0 radical (unpaired) electrons. The Morgan fingerprint density at radius 1 is 1.00 bits per heavy atom. The highest BCUT2D eigenvalue weighted by molar-refractivity contribution is 6.09. The highest BCUT2D eigenvalue weighted by atomic mass is 16.6. The predicted molar refractivity (Wildman–Crippen MR) is 98.1 cm³/mol. The number of nitro benzene ring substituents is 2. The summed E-state index contributed by atoms with van der Waals surface area (Å²) in [6.45, 7) is 1.66. The number of nitrogens with zero attached hydrogens (tertiary/aromatic N) is 2. The number of aromatic hydroxyl groups is 1. The van der Waals surface area contributed by atoms with E-state index in [1.54, 1.807) is 31.2 Å². The number of benzene rings is 3. The third kappa shape index (κ3) is 3.38. The molecule has 27 heavy (non-hydrogen) atoms. The minimum absolute atomic E-state index is 0.0413. The Morgan fingerprint density at radius 2 is 1.59 bits per heavy atom. The Morgan fingerprint density at radius 3 is 2.19 bits per heavy atom. The van der Waals surface area contributed by atoms with Crippen molar-refractivity contribution in [2.75, 3.05) is 5.32 Å². The van der Waals surface area contributed by atoms with E-state index < -0.39 is 27.1 Å². The first-order chi connectivity index (χ1) is 12.8. The van der Waals surface area contributed by atoms with Crippen LogP contribution in [-0.4, -0.2) is 20.9 Å². The minimum Gasteiger partial charge on any atom is -0.507 e. The Bertz CT molecular complexity index is 1080. The molecule has 0 spiro atoms. The van der Waals surface area contributed by atoms with Crippen LogP contribution < -0.4 is 5.32 Å². The van der Waals surface area contributed by atoms with Crippen molar-refractivity contribution in [1.29, 1.82) is 0 Å². The van der Waals surface area contributed by atoms with Gasteiger partial charge in [0, 0.05) is 12.1 Å². The van der Waals surface area contributed by atoms with Gasteiger partial charge in [0.1, 0.15) is 5.75 Å². The molecule has 0 aliphatic carbocycles. The summed E-state index contributed by atoms with van der Waals surface area (Å²) < 4.78 is 0. The zero-order valence-electron chi connectivity index (χ0n) is 14.0. The van der Waals surface area contributed by atoms with Gasteiger partial charge in [-0.15, -0.1) is 0 Å². The topological polar surface area (TPSA) is 136 Å². The van der Waals surface area contributed by atoms with Crippen LogP contribution in [0, 0.1) is 27.2 Å². The number of fused-ring (bicyclic) bond motifs is 1. The van der Waals surface area contributed by atoms with Gasteiger partial charge in [-0.1, -0.05) is 24.3 Å². The first-order valence-corrected chi connectivity index (χ1v) is 7.74. The minimum atomic E-state index is -0.791. The summed E-state index contributed by atoms with van der Waals surface area (Å²) in [6, 6.07) is 11.5. The summed E-state index contributed by atoms with van der Waals surface area (Å²) >= 11 is 0. The van der Waals surface area contributed by atoms with Crippen molar-refractivity contribution in [3.8, 4) is 5.75 Å². The van der Waals surface area contributed by atoms with Gasteiger partial charge in [-0.05, 0) is 29.3 Å². The second-order valence-electron chi connectivity index (χ2n) is 5.83. The quantitative estimate of drug-likeness (QED) is 0.530. The van der Waals surface area contributed by atoms with Crippen LogP contribution in [0.25, 0.3) is 10.8 Å². The fourth-order valence-electron chi connectivity index (χ4n) is 2.77. The van der Waals surface area contributed by atoms with Crippen LogP contribution in [0.4, 0.5) is 17.1 Å². The number of non-ortho nitro benzene ring substituents is 2.